The van der Waals surface area contributed by atoms with Crippen LogP contribution in [0.25, 0.3) is 0 Å². The summed E-state index contributed by atoms with van der Waals surface area (Å²) in [6.45, 7) is 5.15. The summed E-state index contributed by atoms with van der Waals surface area (Å²) in [5.41, 5.74) is 0. The maximum atomic E-state index is 12.0. The second kappa shape index (κ2) is 5.16. The van der Waals surface area contributed by atoms with Gasteiger partial charge in [-0.25, -0.2) is 4.79 Å². The Morgan fingerprint density at radius 1 is 1.50 bits per heavy atom. The minimum atomic E-state index is -1.03. The van der Waals surface area contributed by atoms with Crippen LogP contribution in [-0.4, -0.2) is 65.7 Å². The Morgan fingerprint density at radius 3 is 2.62 bits per heavy atom. The van der Waals surface area contributed by atoms with Gasteiger partial charge in [0.2, 0.25) is 5.91 Å². The van der Waals surface area contributed by atoms with E-state index in [1.807, 2.05) is 13.8 Å². The van der Waals surface area contributed by atoms with Crippen molar-refractivity contribution >= 4 is 12.0 Å². The molecule has 0 aliphatic carbocycles. The lowest BCUT2D eigenvalue weighted by Gasteiger charge is -2.36. The molecule has 1 aliphatic rings. The normalized spacial score (nSPS) is 21.0. The van der Waals surface area contributed by atoms with Gasteiger partial charge in [-0.3, -0.25) is 9.69 Å². The molecule has 6 heteroatoms. The SMILES string of the molecule is CC(C)N(C)C(=O)[C@@H]1CNCCN1C(=O)O. The van der Waals surface area contributed by atoms with Crippen molar-refractivity contribution in [1.82, 2.24) is 15.1 Å². The summed E-state index contributed by atoms with van der Waals surface area (Å²) in [6, 6.07) is -0.524. The van der Waals surface area contributed by atoms with E-state index in [1.165, 1.54) is 4.90 Å². The van der Waals surface area contributed by atoms with E-state index in [2.05, 4.69) is 5.32 Å². The van der Waals surface area contributed by atoms with Crippen molar-refractivity contribution in [2.75, 3.05) is 26.7 Å². The molecule has 92 valence electrons. The van der Waals surface area contributed by atoms with Crippen LogP contribution in [0.3, 0.4) is 0 Å². The lowest BCUT2D eigenvalue weighted by atomic mass is 10.1. The van der Waals surface area contributed by atoms with E-state index >= 15 is 0 Å². The zero-order valence-electron chi connectivity index (χ0n) is 9.93. The van der Waals surface area contributed by atoms with E-state index in [1.54, 1.807) is 11.9 Å². The summed E-state index contributed by atoms with van der Waals surface area (Å²) in [5.74, 6) is -0.149. The molecule has 6 nitrogen and oxygen atoms in total. The number of hydrogen-bond donors (Lipinski definition) is 2. The fourth-order valence-corrected chi connectivity index (χ4v) is 1.64. The van der Waals surface area contributed by atoms with Crippen LogP contribution < -0.4 is 5.32 Å². The van der Waals surface area contributed by atoms with Gasteiger partial charge in [0.05, 0.1) is 0 Å². The first kappa shape index (κ1) is 12.8. The lowest BCUT2D eigenvalue weighted by molar-refractivity contribution is -0.137. The first-order valence-electron chi connectivity index (χ1n) is 5.42. The Bertz CT molecular complexity index is 280. The molecule has 2 amide bonds. The molecule has 0 spiro atoms. The van der Waals surface area contributed by atoms with E-state index in [4.69, 9.17) is 5.11 Å². The topological polar surface area (TPSA) is 72.9 Å². The summed E-state index contributed by atoms with van der Waals surface area (Å²) in [7, 11) is 1.70. The van der Waals surface area contributed by atoms with Crippen molar-refractivity contribution in [3.8, 4) is 0 Å². The third-order valence-electron chi connectivity index (χ3n) is 2.90. The third-order valence-corrected chi connectivity index (χ3v) is 2.90. The predicted octanol–water partition coefficient (Wildman–Crippen LogP) is -0.195. The minimum Gasteiger partial charge on any atom is -0.465 e. The molecule has 1 atom stereocenters. The van der Waals surface area contributed by atoms with Crippen molar-refractivity contribution < 1.29 is 14.7 Å². The zero-order chi connectivity index (χ0) is 12.3. The average Bonchev–Trinajstić information content (AvgIpc) is 2.26. The van der Waals surface area contributed by atoms with Crippen molar-refractivity contribution in [2.45, 2.75) is 25.9 Å². The number of carboxylic acid groups (broad SMARTS) is 1. The number of nitrogens with one attached hydrogen (secondary N) is 1. The maximum Gasteiger partial charge on any atom is 0.408 e. The van der Waals surface area contributed by atoms with Crippen LogP contribution in [0, 0.1) is 0 Å². The molecule has 0 saturated carbocycles. The van der Waals surface area contributed by atoms with E-state index in [9.17, 15) is 9.59 Å². The highest BCUT2D eigenvalue weighted by molar-refractivity contribution is 5.85. The number of amides is 2. The Labute approximate surface area is 95.2 Å². The smallest absolute Gasteiger partial charge is 0.408 e. The summed E-state index contributed by atoms with van der Waals surface area (Å²) in [6.07, 6.45) is -1.03. The fourth-order valence-electron chi connectivity index (χ4n) is 1.64. The molecule has 2 N–H and O–H groups in total. The molecular weight excluding hydrogens is 210 g/mol. The predicted molar refractivity (Wildman–Crippen MR) is 59.3 cm³/mol. The monoisotopic (exact) mass is 229 g/mol. The average molecular weight is 229 g/mol. The summed E-state index contributed by atoms with van der Waals surface area (Å²) in [5, 5.41) is 12.0. The van der Waals surface area contributed by atoms with Gasteiger partial charge in [-0.15, -0.1) is 0 Å². The lowest BCUT2D eigenvalue weighted by Crippen LogP contribution is -2.60. The molecule has 1 fully saturated rings. The quantitative estimate of drug-likeness (QED) is 0.688. The van der Waals surface area contributed by atoms with Crippen molar-refractivity contribution in [1.29, 1.82) is 0 Å². The molecule has 0 radical (unpaired) electrons. The van der Waals surface area contributed by atoms with Gasteiger partial charge >= 0.3 is 6.09 Å². The highest BCUT2D eigenvalue weighted by Gasteiger charge is 2.34. The number of carbonyl (C=O) groups is 2. The Morgan fingerprint density at radius 2 is 2.12 bits per heavy atom. The van der Waals surface area contributed by atoms with Gasteiger partial charge in [-0.05, 0) is 13.8 Å². The van der Waals surface area contributed by atoms with Crippen LogP contribution in [0.1, 0.15) is 13.8 Å². The second-order valence-corrected chi connectivity index (χ2v) is 4.24. The van der Waals surface area contributed by atoms with Gasteiger partial charge in [0, 0.05) is 32.7 Å². The van der Waals surface area contributed by atoms with Gasteiger partial charge in [0.1, 0.15) is 6.04 Å². The van der Waals surface area contributed by atoms with E-state index in [0.29, 0.717) is 19.6 Å². The van der Waals surface area contributed by atoms with E-state index in [0.717, 1.165) is 0 Å². The molecule has 1 heterocycles. The third kappa shape index (κ3) is 2.63. The minimum absolute atomic E-state index is 0.0741. The van der Waals surface area contributed by atoms with Gasteiger partial charge < -0.3 is 15.3 Å². The van der Waals surface area contributed by atoms with Crippen LogP contribution in [-0.2, 0) is 4.79 Å². The van der Waals surface area contributed by atoms with Crippen LogP contribution in [0.5, 0.6) is 0 Å². The molecule has 0 aromatic heterocycles. The number of hydrogen-bond acceptors (Lipinski definition) is 3. The molecule has 0 aromatic rings. The van der Waals surface area contributed by atoms with Gasteiger partial charge in [0.25, 0.3) is 0 Å². The van der Waals surface area contributed by atoms with Crippen molar-refractivity contribution in [2.24, 2.45) is 0 Å². The number of rotatable bonds is 2. The largest absolute Gasteiger partial charge is 0.465 e. The Balaban J connectivity index is 2.75. The molecule has 0 unspecified atom stereocenters. The summed E-state index contributed by atoms with van der Waals surface area (Å²) in [4.78, 5) is 25.8. The summed E-state index contributed by atoms with van der Waals surface area (Å²) < 4.78 is 0. The summed E-state index contributed by atoms with van der Waals surface area (Å²) >= 11 is 0. The highest BCUT2D eigenvalue weighted by atomic mass is 16.4. The van der Waals surface area contributed by atoms with Crippen LogP contribution in [0.4, 0.5) is 4.79 Å². The molecule has 1 saturated heterocycles. The van der Waals surface area contributed by atoms with Crippen molar-refractivity contribution in [3.63, 3.8) is 0 Å². The number of piperazine rings is 1. The standard InChI is InChI=1S/C10H19N3O3/c1-7(2)12(3)9(14)8-6-11-4-5-13(8)10(15)16/h7-8,11H,4-6H2,1-3H3,(H,15,16)/t8-/m0/s1. The number of carbonyl (C=O) groups excluding carboxylic acids is 1. The van der Waals surface area contributed by atoms with E-state index in [-0.39, 0.29) is 11.9 Å². The second-order valence-electron chi connectivity index (χ2n) is 4.24. The van der Waals surface area contributed by atoms with Gasteiger partial charge in [-0.1, -0.05) is 0 Å². The Hall–Kier alpha value is -1.30. The van der Waals surface area contributed by atoms with Gasteiger partial charge in [0.15, 0.2) is 0 Å². The van der Waals surface area contributed by atoms with Crippen molar-refractivity contribution in [3.05, 3.63) is 0 Å². The molecule has 1 aliphatic heterocycles. The fraction of sp³-hybridized carbons (Fsp3) is 0.800. The number of nitrogens with zero attached hydrogens (tertiary/aromatic N) is 2. The maximum absolute atomic E-state index is 12.0. The molecule has 0 bridgehead atoms. The molecule has 0 aromatic carbocycles. The van der Waals surface area contributed by atoms with Crippen LogP contribution in [0.2, 0.25) is 0 Å². The molecule has 16 heavy (non-hydrogen) atoms. The zero-order valence-corrected chi connectivity index (χ0v) is 9.93. The first-order valence-corrected chi connectivity index (χ1v) is 5.42. The van der Waals surface area contributed by atoms with Gasteiger partial charge in [-0.2, -0.15) is 0 Å². The Kier molecular flexibility index (Phi) is 4.12. The molecular formula is C10H19N3O3. The van der Waals surface area contributed by atoms with E-state index < -0.39 is 12.1 Å². The highest BCUT2D eigenvalue weighted by Crippen LogP contribution is 2.08. The van der Waals surface area contributed by atoms with Crippen LogP contribution >= 0.6 is 0 Å². The number of likely N-dealkylation sites (N-methyl/N-ethyl adjacent to an activating group) is 1. The molecule has 1 rings (SSSR count). The first-order chi connectivity index (χ1) is 7.45. The van der Waals surface area contributed by atoms with Crippen LogP contribution in [0.15, 0.2) is 0 Å².